The maximum atomic E-state index is 13.9. The first-order valence-corrected chi connectivity index (χ1v) is 15.4. The van der Waals surface area contributed by atoms with E-state index in [2.05, 4.69) is 5.32 Å². The molecule has 0 aliphatic carbocycles. The molecular weight excluding hydrogens is 593 g/mol. The summed E-state index contributed by atoms with van der Waals surface area (Å²) in [7, 11) is -2.68. The van der Waals surface area contributed by atoms with Gasteiger partial charge in [-0.05, 0) is 53.9 Å². The molecule has 0 aliphatic rings. The highest BCUT2D eigenvalue weighted by atomic mass is 35.5. The Balaban J connectivity index is 1.97. The number of nitrogens with one attached hydrogen (secondary N) is 1. The van der Waals surface area contributed by atoms with E-state index in [4.69, 9.17) is 34.8 Å². The van der Waals surface area contributed by atoms with E-state index in [-0.39, 0.29) is 23.8 Å². The van der Waals surface area contributed by atoms with Crippen LogP contribution in [0, 0.1) is 0 Å². The first kappa shape index (κ1) is 31.9. The van der Waals surface area contributed by atoms with Gasteiger partial charge in [-0.25, -0.2) is 8.42 Å². The standard InChI is InChI=1S/C29H32Cl3N3O4S/c1-3-4-16-33-29(37)27(18-21-8-6-5-7-9-21)35(19-22-10-15-25(31)26(32)17-22)28(36)20-34(2)40(38,39)24-13-11-23(30)12-14-24/h5-15,17,27H,3-4,16,18-20H2,1-2H3,(H,33,37)/t27-/m1/s1. The molecule has 0 aromatic heterocycles. The van der Waals surface area contributed by atoms with Crippen molar-refractivity contribution in [3.05, 3.63) is 99.0 Å². The highest BCUT2D eigenvalue weighted by Gasteiger charge is 2.33. The van der Waals surface area contributed by atoms with Gasteiger partial charge in [0.15, 0.2) is 0 Å². The number of hydrogen-bond acceptors (Lipinski definition) is 4. The molecule has 214 valence electrons. The molecule has 0 radical (unpaired) electrons. The summed E-state index contributed by atoms with van der Waals surface area (Å²) in [5, 5.41) is 3.99. The first-order valence-electron chi connectivity index (χ1n) is 12.8. The molecule has 0 aliphatic heterocycles. The van der Waals surface area contributed by atoms with Crippen LogP contribution >= 0.6 is 34.8 Å². The maximum Gasteiger partial charge on any atom is 0.243 e. The fourth-order valence-electron chi connectivity index (χ4n) is 4.05. The van der Waals surface area contributed by atoms with Crippen molar-refractivity contribution in [3.8, 4) is 0 Å². The molecule has 3 aromatic rings. The van der Waals surface area contributed by atoms with Gasteiger partial charge in [0.1, 0.15) is 6.04 Å². The minimum atomic E-state index is -4.00. The third-order valence-electron chi connectivity index (χ3n) is 6.32. The minimum absolute atomic E-state index is 0.00128. The Hall–Kier alpha value is -2.62. The van der Waals surface area contributed by atoms with Crippen LogP contribution in [0.3, 0.4) is 0 Å². The van der Waals surface area contributed by atoms with Crippen LogP contribution in [0.2, 0.25) is 15.1 Å². The van der Waals surface area contributed by atoms with Gasteiger partial charge in [-0.3, -0.25) is 9.59 Å². The zero-order chi connectivity index (χ0) is 29.3. The van der Waals surface area contributed by atoms with Gasteiger partial charge < -0.3 is 10.2 Å². The van der Waals surface area contributed by atoms with Gasteiger partial charge in [-0.15, -0.1) is 0 Å². The van der Waals surface area contributed by atoms with Crippen molar-refractivity contribution in [1.29, 1.82) is 0 Å². The van der Waals surface area contributed by atoms with Crippen LogP contribution in [0.25, 0.3) is 0 Å². The second-order valence-corrected chi connectivity index (χ2v) is 12.6. The summed E-state index contributed by atoms with van der Waals surface area (Å²) in [5.74, 6) is -0.869. The monoisotopic (exact) mass is 623 g/mol. The number of amides is 2. The number of unbranched alkanes of at least 4 members (excludes halogenated alkanes) is 1. The van der Waals surface area contributed by atoms with Crippen LogP contribution in [0.1, 0.15) is 30.9 Å². The Morgan fingerprint density at radius 3 is 2.20 bits per heavy atom. The summed E-state index contributed by atoms with van der Waals surface area (Å²) in [5.41, 5.74) is 1.50. The molecule has 0 fully saturated rings. The molecule has 0 heterocycles. The number of likely N-dealkylation sites (N-methyl/N-ethyl adjacent to an activating group) is 1. The van der Waals surface area contributed by atoms with Crippen molar-refractivity contribution in [2.45, 2.75) is 43.7 Å². The van der Waals surface area contributed by atoms with Crippen LogP contribution in [0.4, 0.5) is 0 Å². The van der Waals surface area contributed by atoms with Crippen molar-refractivity contribution < 1.29 is 18.0 Å². The highest BCUT2D eigenvalue weighted by Crippen LogP contribution is 2.25. The highest BCUT2D eigenvalue weighted by molar-refractivity contribution is 7.89. The van der Waals surface area contributed by atoms with E-state index in [9.17, 15) is 18.0 Å². The summed E-state index contributed by atoms with van der Waals surface area (Å²) in [6.07, 6.45) is 1.91. The number of nitrogens with zero attached hydrogens (tertiary/aromatic N) is 2. The molecule has 1 atom stereocenters. The largest absolute Gasteiger partial charge is 0.354 e. The molecule has 7 nitrogen and oxygen atoms in total. The van der Waals surface area contributed by atoms with Crippen LogP contribution in [0.15, 0.2) is 77.7 Å². The molecule has 40 heavy (non-hydrogen) atoms. The Morgan fingerprint density at radius 1 is 0.900 bits per heavy atom. The van der Waals surface area contributed by atoms with Gasteiger partial charge >= 0.3 is 0 Å². The zero-order valence-corrected chi connectivity index (χ0v) is 25.4. The van der Waals surface area contributed by atoms with E-state index in [0.717, 1.165) is 22.7 Å². The molecule has 11 heteroatoms. The fraction of sp³-hybridized carbons (Fsp3) is 0.310. The van der Waals surface area contributed by atoms with Crippen molar-refractivity contribution in [1.82, 2.24) is 14.5 Å². The van der Waals surface area contributed by atoms with Gasteiger partial charge in [0.05, 0.1) is 21.5 Å². The van der Waals surface area contributed by atoms with Gasteiger partial charge in [0.2, 0.25) is 21.8 Å². The molecule has 0 bridgehead atoms. The molecule has 2 amide bonds. The van der Waals surface area contributed by atoms with Crippen molar-refractivity contribution in [2.24, 2.45) is 0 Å². The number of hydrogen-bond donors (Lipinski definition) is 1. The van der Waals surface area contributed by atoms with Crippen LogP contribution in [0.5, 0.6) is 0 Å². The molecule has 0 saturated carbocycles. The maximum absolute atomic E-state index is 13.9. The van der Waals surface area contributed by atoms with Gasteiger partial charge in [-0.1, -0.05) is 84.5 Å². The topological polar surface area (TPSA) is 86.8 Å². The SMILES string of the molecule is CCCCNC(=O)[C@@H](Cc1ccccc1)N(Cc1ccc(Cl)c(Cl)c1)C(=O)CN(C)S(=O)(=O)c1ccc(Cl)cc1. The van der Waals surface area contributed by atoms with Gasteiger partial charge in [0.25, 0.3) is 0 Å². The Kier molecular flexibility index (Phi) is 11.8. The van der Waals surface area contributed by atoms with Crippen LogP contribution in [-0.2, 0) is 32.6 Å². The summed E-state index contributed by atoms with van der Waals surface area (Å²) in [4.78, 5) is 28.8. The molecule has 0 unspecified atom stereocenters. The van der Waals surface area contributed by atoms with E-state index < -0.39 is 28.5 Å². The molecule has 3 rings (SSSR count). The number of carbonyl (C=O) groups excluding carboxylic acids is 2. The van der Waals surface area contributed by atoms with Crippen molar-refractivity contribution in [3.63, 3.8) is 0 Å². The predicted octanol–water partition coefficient (Wildman–Crippen LogP) is 5.82. The summed E-state index contributed by atoms with van der Waals surface area (Å²) < 4.78 is 27.4. The lowest BCUT2D eigenvalue weighted by atomic mass is 10.0. The Labute approximate surface area is 251 Å². The third-order valence-corrected chi connectivity index (χ3v) is 9.13. The number of carbonyl (C=O) groups is 2. The van der Waals surface area contributed by atoms with Crippen molar-refractivity contribution >= 4 is 56.6 Å². The first-order chi connectivity index (χ1) is 19.0. The molecule has 0 saturated heterocycles. The Morgan fingerprint density at radius 2 is 1.57 bits per heavy atom. The summed E-state index contributed by atoms with van der Waals surface area (Å²) in [6.45, 7) is 2.01. The second-order valence-electron chi connectivity index (χ2n) is 9.34. The lowest BCUT2D eigenvalue weighted by Gasteiger charge is -2.32. The second kappa shape index (κ2) is 14.8. The molecule has 1 N–H and O–H groups in total. The number of rotatable bonds is 13. The predicted molar refractivity (Wildman–Crippen MR) is 160 cm³/mol. The average molecular weight is 625 g/mol. The fourth-order valence-corrected chi connectivity index (χ4v) is 5.61. The van der Waals surface area contributed by atoms with Crippen LogP contribution in [-0.4, -0.2) is 55.6 Å². The van der Waals surface area contributed by atoms with E-state index in [0.29, 0.717) is 27.2 Å². The summed E-state index contributed by atoms with van der Waals surface area (Å²) in [6, 6.07) is 19.1. The van der Waals surface area contributed by atoms with E-state index >= 15 is 0 Å². The summed E-state index contributed by atoms with van der Waals surface area (Å²) >= 11 is 18.3. The quantitative estimate of drug-likeness (QED) is 0.243. The number of halogens is 3. The van der Waals surface area contributed by atoms with Gasteiger partial charge in [-0.2, -0.15) is 4.31 Å². The number of benzene rings is 3. The number of sulfonamides is 1. The third kappa shape index (κ3) is 8.69. The van der Waals surface area contributed by atoms with Crippen LogP contribution < -0.4 is 5.32 Å². The van der Waals surface area contributed by atoms with E-state index in [1.54, 1.807) is 18.2 Å². The zero-order valence-electron chi connectivity index (χ0n) is 22.3. The Bertz CT molecular complexity index is 1400. The lowest BCUT2D eigenvalue weighted by Crippen LogP contribution is -2.53. The molecular formula is C29H32Cl3N3O4S. The lowest BCUT2D eigenvalue weighted by molar-refractivity contribution is -0.141. The molecule has 0 spiro atoms. The van der Waals surface area contributed by atoms with E-state index in [1.807, 2.05) is 37.3 Å². The van der Waals surface area contributed by atoms with Crippen molar-refractivity contribution in [2.75, 3.05) is 20.1 Å². The van der Waals surface area contributed by atoms with Gasteiger partial charge in [0, 0.05) is 31.6 Å². The van der Waals surface area contributed by atoms with E-state index in [1.165, 1.54) is 36.2 Å². The molecule has 3 aromatic carbocycles. The average Bonchev–Trinajstić information content (AvgIpc) is 2.93. The normalized spacial score (nSPS) is 12.2. The smallest absolute Gasteiger partial charge is 0.243 e. The minimum Gasteiger partial charge on any atom is -0.354 e.